The van der Waals surface area contributed by atoms with Crippen LogP contribution >= 0.6 is 58.3 Å². The predicted molar refractivity (Wildman–Crippen MR) is 200 cm³/mol. The van der Waals surface area contributed by atoms with Gasteiger partial charge < -0.3 is 22.1 Å². The lowest BCUT2D eigenvalue weighted by Crippen LogP contribution is -2.02. The number of hydrogen-bond donors (Lipinski definition) is 4. The summed E-state index contributed by atoms with van der Waals surface area (Å²) in [7, 11) is 1.92. The zero-order valence-electron chi connectivity index (χ0n) is 26.0. The summed E-state index contributed by atoms with van der Waals surface area (Å²) in [5, 5.41) is 6.33. The van der Waals surface area contributed by atoms with E-state index in [1.165, 1.54) is 19.6 Å². The molecule has 6 rings (SSSR count). The summed E-state index contributed by atoms with van der Waals surface area (Å²) in [5.74, 6) is 1.99. The van der Waals surface area contributed by atoms with E-state index < -0.39 is 0 Å². The van der Waals surface area contributed by atoms with E-state index in [0.717, 1.165) is 22.7 Å². The normalized spacial score (nSPS) is 10.2. The van der Waals surface area contributed by atoms with Gasteiger partial charge in [0, 0.05) is 49.4 Å². The average Bonchev–Trinajstić information content (AvgIpc) is 3.04. The van der Waals surface area contributed by atoms with Crippen LogP contribution in [0.25, 0.3) is 0 Å². The summed E-state index contributed by atoms with van der Waals surface area (Å²) in [6, 6.07) is 32.2. The number of hydrogen-bond acceptors (Lipinski definition) is 12. The molecule has 0 aliphatic rings. The summed E-state index contributed by atoms with van der Waals surface area (Å²) in [4.78, 5) is 27.9. The van der Waals surface area contributed by atoms with Crippen LogP contribution in [0.1, 0.15) is 11.6 Å². The SMILES string of the molecule is CNc1ccc(Sc2ccc(Nc3nc(C)nc(C)n3)cc2)cc1.Clc1nc(Cl)nc(Cl)n1.Nc1ccc(Sc2ccc(N)cc2)cc1. The minimum atomic E-state index is 0.000000000000000444. The Labute approximate surface area is 302 Å². The fourth-order valence-electron chi connectivity index (χ4n) is 3.74. The second kappa shape index (κ2) is 18.3. The highest BCUT2D eigenvalue weighted by Gasteiger charge is 2.03. The van der Waals surface area contributed by atoms with Crippen molar-refractivity contribution in [3.8, 4) is 0 Å². The van der Waals surface area contributed by atoms with Gasteiger partial charge in [0.2, 0.25) is 21.8 Å². The van der Waals surface area contributed by atoms with Crippen molar-refractivity contribution >= 4 is 87.0 Å². The molecule has 0 atom stereocenters. The van der Waals surface area contributed by atoms with E-state index in [1.807, 2.05) is 81.6 Å². The highest BCUT2D eigenvalue weighted by Crippen LogP contribution is 2.30. The maximum atomic E-state index is 5.61. The van der Waals surface area contributed by atoms with Gasteiger partial charge in [0.1, 0.15) is 11.6 Å². The summed E-state index contributed by atoms with van der Waals surface area (Å²) in [5.41, 5.74) is 14.9. The molecule has 0 saturated carbocycles. The maximum absolute atomic E-state index is 5.61. The van der Waals surface area contributed by atoms with Gasteiger partial charge in [-0.25, -0.2) is 4.98 Å². The van der Waals surface area contributed by atoms with Crippen LogP contribution in [0.2, 0.25) is 15.9 Å². The standard InChI is InChI=1S/C18H19N5S.C12H12N2S.C3Cl3N3/c1-12-20-13(2)22-18(21-12)23-15-6-10-17(11-7-15)24-16-8-4-14(19-3)5-9-16;13-9-1-5-11(6-2-9)15-12-7-3-10(14)4-8-12;4-1-7-2(5)9-3(6)8-1/h4-11,19H,1-3H3,(H,20,21,22,23);1-8H,13-14H2;. The molecule has 10 nitrogen and oxygen atoms in total. The summed E-state index contributed by atoms with van der Waals surface area (Å²) in [6.45, 7) is 3.72. The van der Waals surface area contributed by atoms with E-state index in [4.69, 9.17) is 46.3 Å². The molecule has 0 aliphatic carbocycles. The number of aryl methyl sites for hydroxylation is 2. The van der Waals surface area contributed by atoms with Crippen LogP contribution in [-0.2, 0) is 0 Å². The Bertz CT molecular complexity index is 1780. The van der Waals surface area contributed by atoms with Gasteiger partial charge in [-0.15, -0.1) is 0 Å². The van der Waals surface area contributed by atoms with Crippen LogP contribution in [0, 0.1) is 13.8 Å². The number of nitrogens with two attached hydrogens (primary N) is 2. The molecule has 0 bridgehead atoms. The minimum absolute atomic E-state index is 0.000000000000000444. The van der Waals surface area contributed by atoms with Crippen LogP contribution in [-0.4, -0.2) is 37.0 Å². The molecule has 4 aromatic carbocycles. The molecule has 6 N–H and O–H groups in total. The molecule has 2 aromatic heterocycles. The van der Waals surface area contributed by atoms with Gasteiger partial charge in [0.15, 0.2) is 0 Å². The van der Waals surface area contributed by atoms with Gasteiger partial charge in [-0.05, 0) is 146 Å². The molecule has 246 valence electrons. The number of anilines is 5. The fraction of sp³-hybridized carbons (Fsp3) is 0.0909. The molecule has 0 saturated heterocycles. The first-order valence-corrected chi connectivity index (χ1v) is 16.9. The van der Waals surface area contributed by atoms with Gasteiger partial charge >= 0.3 is 0 Å². The van der Waals surface area contributed by atoms with Crippen molar-refractivity contribution in [2.75, 3.05) is 29.1 Å². The van der Waals surface area contributed by atoms with Crippen LogP contribution < -0.4 is 22.1 Å². The first-order valence-electron chi connectivity index (χ1n) is 14.2. The molecule has 0 aliphatic heterocycles. The minimum Gasteiger partial charge on any atom is -0.399 e. The number of nitrogens with one attached hydrogen (secondary N) is 2. The second-order valence-electron chi connectivity index (χ2n) is 9.66. The summed E-state index contributed by atoms with van der Waals surface area (Å²) >= 11 is 19.4. The van der Waals surface area contributed by atoms with Crippen molar-refractivity contribution in [2.45, 2.75) is 33.4 Å². The largest absolute Gasteiger partial charge is 0.399 e. The molecule has 0 fully saturated rings. The quantitative estimate of drug-likeness (QED) is 0.116. The van der Waals surface area contributed by atoms with E-state index in [2.05, 4.69) is 76.9 Å². The van der Waals surface area contributed by atoms with Gasteiger partial charge in [-0.2, -0.15) is 24.9 Å². The number of aromatic nitrogens is 6. The van der Waals surface area contributed by atoms with E-state index in [-0.39, 0.29) is 15.9 Å². The topological polar surface area (TPSA) is 153 Å². The molecule has 2 heterocycles. The van der Waals surface area contributed by atoms with Crippen LogP contribution in [0.4, 0.5) is 28.7 Å². The molecule has 48 heavy (non-hydrogen) atoms. The van der Waals surface area contributed by atoms with Crippen LogP contribution in [0.3, 0.4) is 0 Å². The number of rotatable bonds is 7. The maximum Gasteiger partial charge on any atom is 0.230 e. The molecule has 15 heteroatoms. The number of nitrogen functional groups attached to an aromatic ring is 2. The third-order valence-corrected chi connectivity index (χ3v) is 8.44. The van der Waals surface area contributed by atoms with Gasteiger partial charge in [-0.3, -0.25) is 0 Å². The van der Waals surface area contributed by atoms with Crippen molar-refractivity contribution < 1.29 is 0 Å². The van der Waals surface area contributed by atoms with E-state index >= 15 is 0 Å². The van der Waals surface area contributed by atoms with Crippen molar-refractivity contribution in [3.63, 3.8) is 0 Å². The highest BCUT2D eigenvalue weighted by molar-refractivity contribution is 7.99. The lowest BCUT2D eigenvalue weighted by molar-refractivity contribution is 0.928. The third kappa shape index (κ3) is 12.7. The van der Waals surface area contributed by atoms with E-state index in [1.54, 1.807) is 23.5 Å². The molecular formula is C33H31Cl3N10S2. The summed E-state index contributed by atoms with van der Waals surface area (Å²) < 4.78 is 0. The Morgan fingerprint density at radius 2 is 0.812 bits per heavy atom. The van der Waals surface area contributed by atoms with Gasteiger partial charge in [0.25, 0.3) is 0 Å². The van der Waals surface area contributed by atoms with Crippen molar-refractivity contribution in [3.05, 3.63) is 125 Å². The molecule has 0 radical (unpaired) electrons. The Morgan fingerprint density at radius 1 is 0.479 bits per heavy atom. The lowest BCUT2D eigenvalue weighted by Gasteiger charge is -2.07. The predicted octanol–water partition coefficient (Wildman–Crippen LogP) is 9.26. The molecule has 0 amide bonds. The Morgan fingerprint density at radius 3 is 1.17 bits per heavy atom. The van der Waals surface area contributed by atoms with Crippen molar-refractivity contribution in [1.82, 2.24) is 29.9 Å². The molecule has 6 aromatic rings. The molecular weight excluding hydrogens is 707 g/mol. The smallest absolute Gasteiger partial charge is 0.230 e. The Balaban J connectivity index is 0.000000183. The zero-order chi connectivity index (χ0) is 34.5. The van der Waals surface area contributed by atoms with Crippen LogP contribution in [0.15, 0.2) is 117 Å². The Kier molecular flexibility index (Phi) is 13.9. The van der Waals surface area contributed by atoms with Crippen molar-refractivity contribution in [2.24, 2.45) is 0 Å². The average molecular weight is 738 g/mol. The van der Waals surface area contributed by atoms with E-state index in [0.29, 0.717) is 17.6 Å². The number of halogens is 3. The lowest BCUT2D eigenvalue weighted by atomic mass is 10.3. The van der Waals surface area contributed by atoms with Crippen molar-refractivity contribution in [1.29, 1.82) is 0 Å². The van der Waals surface area contributed by atoms with Crippen LogP contribution in [0.5, 0.6) is 0 Å². The monoisotopic (exact) mass is 736 g/mol. The first-order chi connectivity index (χ1) is 23.0. The van der Waals surface area contributed by atoms with Gasteiger partial charge in [-0.1, -0.05) is 23.5 Å². The molecule has 0 unspecified atom stereocenters. The number of nitrogens with zero attached hydrogens (tertiary/aromatic N) is 6. The highest BCUT2D eigenvalue weighted by atomic mass is 35.5. The third-order valence-electron chi connectivity index (χ3n) is 5.90. The number of benzene rings is 4. The fourth-order valence-corrected chi connectivity index (χ4v) is 5.99. The Hall–Kier alpha value is -4.33. The first kappa shape index (κ1) is 36.5. The second-order valence-corrected chi connectivity index (χ2v) is 13.0. The molecule has 0 spiro atoms. The summed E-state index contributed by atoms with van der Waals surface area (Å²) in [6.07, 6.45) is 0. The van der Waals surface area contributed by atoms with E-state index in [9.17, 15) is 0 Å². The zero-order valence-corrected chi connectivity index (χ0v) is 29.9. The van der Waals surface area contributed by atoms with Gasteiger partial charge in [0.05, 0.1) is 0 Å².